The van der Waals surface area contributed by atoms with Crippen molar-refractivity contribution in [3.05, 3.63) is 29.8 Å². The molecule has 0 heterocycles. The molecule has 0 aliphatic heterocycles. The van der Waals surface area contributed by atoms with Crippen LogP contribution >= 0.6 is 11.8 Å². The van der Waals surface area contributed by atoms with Crippen molar-refractivity contribution in [1.82, 2.24) is 10.6 Å². The van der Waals surface area contributed by atoms with Crippen molar-refractivity contribution in [3.8, 4) is 0 Å². The van der Waals surface area contributed by atoms with Crippen molar-refractivity contribution in [1.29, 1.82) is 0 Å². The van der Waals surface area contributed by atoms with E-state index in [1.165, 1.54) is 5.56 Å². The lowest BCUT2D eigenvalue weighted by Gasteiger charge is -2.16. The van der Waals surface area contributed by atoms with Gasteiger partial charge in [0.25, 0.3) is 0 Å². The van der Waals surface area contributed by atoms with Crippen molar-refractivity contribution in [2.75, 3.05) is 7.05 Å². The molecular formula is C15H24N2OS. The van der Waals surface area contributed by atoms with Crippen LogP contribution in [0.25, 0.3) is 0 Å². The Morgan fingerprint density at radius 3 is 2.42 bits per heavy atom. The van der Waals surface area contributed by atoms with Gasteiger partial charge in [0.15, 0.2) is 0 Å². The summed E-state index contributed by atoms with van der Waals surface area (Å²) in [5.74, 6) is 0.110. The summed E-state index contributed by atoms with van der Waals surface area (Å²) in [7, 11) is 1.93. The van der Waals surface area contributed by atoms with Crippen LogP contribution in [0.15, 0.2) is 29.2 Å². The van der Waals surface area contributed by atoms with Crippen LogP contribution < -0.4 is 10.6 Å². The fourth-order valence-electron chi connectivity index (χ4n) is 1.61. The van der Waals surface area contributed by atoms with E-state index in [4.69, 9.17) is 0 Å². The van der Waals surface area contributed by atoms with Gasteiger partial charge in [-0.1, -0.05) is 19.1 Å². The van der Waals surface area contributed by atoms with Crippen molar-refractivity contribution in [2.45, 2.75) is 49.9 Å². The fourth-order valence-corrected chi connectivity index (χ4v) is 2.49. The molecule has 3 nitrogen and oxygen atoms in total. The molecule has 1 aromatic carbocycles. The van der Waals surface area contributed by atoms with E-state index in [9.17, 15) is 4.79 Å². The number of hydrogen-bond donors (Lipinski definition) is 2. The minimum atomic E-state index is -0.0656. The normalized spacial score (nSPS) is 13.9. The summed E-state index contributed by atoms with van der Waals surface area (Å²) < 4.78 is 0. The summed E-state index contributed by atoms with van der Waals surface area (Å²) in [6.45, 7) is 6.92. The first-order valence-electron chi connectivity index (χ1n) is 6.77. The molecule has 2 unspecified atom stereocenters. The molecule has 2 N–H and O–H groups in total. The molecule has 1 rings (SSSR count). The van der Waals surface area contributed by atoms with Gasteiger partial charge in [-0.2, -0.15) is 0 Å². The zero-order valence-corrected chi connectivity index (χ0v) is 13.0. The highest BCUT2D eigenvalue weighted by Crippen LogP contribution is 2.23. The molecule has 0 saturated carbocycles. The van der Waals surface area contributed by atoms with Gasteiger partial charge < -0.3 is 10.6 Å². The van der Waals surface area contributed by atoms with Crippen LogP contribution in [0.3, 0.4) is 0 Å². The third-order valence-corrected chi connectivity index (χ3v) is 4.10. The Balaban J connectivity index is 2.51. The van der Waals surface area contributed by atoms with Gasteiger partial charge in [0, 0.05) is 17.5 Å². The smallest absolute Gasteiger partial charge is 0.233 e. The summed E-state index contributed by atoms with van der Waals surface area (Å²) in [6, 6.07) is 8.58. The molecule has 0 spiro atoms. The highest BCUT2D eigenvalue weighted by atomic mass is 32.2. The van der Waals surface area contributed by atoms with E-state index in [0.717, 1.165) is 17.9 Å². The van der Waals surface area contributed by atoms with Crippen molar-refractivity contribution in [2.24, 2.45) is 0 Å². The van der Waals surface area contributed by atoms with Gasteiger partial charge in [-0.15, -0.1) is 11.8 Å². The summed E-state index contributed by atoms with van der Waals surface area (Å²) >= 11 is 1.60. The molecule has 0 saturated heterocycles. The Kier molecular flexibility index (Phi) is 6.95. The van der Waals surface area contributed by atoms with E-state index in [1.807, 2.05) is 20.9 Å². The molecule has 19 heavy (non-hydrogen) atoms. The van der Waals surface area contributed by atoms with Gasteiger partial charge in [-0.3, -0.25) is 4.79 Å². The van der Waals surface area contributed by atoms with Gasteiger partial charge in [0.1, 0.15) is 0 Å². The van der Waals surface area contributed by atoms with Crippen LogP contribution in [0.4, 0.5) is 0 Å². The van der Waals surface area contributed by atoms with Gasteiger partial charge in [0.2, 0.25) is 5.91 Å². The Morgan fingerprint density at radius 2 is 1.89 bits per heavy atom. The van der Waals surface area contributed by atoms with E-state index in [1.54, 1.807) is 11.8 Å². The monoisotopic (exact) mass is 280 g/mol. The number of amides is 1. The topological polar surface area (TPSA) is 41.1 Å². The second-order valence-corrected chi connectivity index (χ2v) is 6.17. The lowest BCUT2D eigenvalue weighted by atomic mass is 10.2. The molecule has 0 aliphatic rings. The number of thioether (sulfide) groups is 1. The molecule has 0 fully saturated rings. The number of hydrogen-bond acceptors (Lipinski definition) is 3. The first kappa shape index (κ1) is 16.1. The molecule has 106 valence electrons. The Hall–Kier alpha value is -1.00. The Labute approximate surface area is 120 Å². The second-order valence-electron chi connectivity index (χ2n) is 4.75. The SMILES string of the molecule is CCC(C)NC(=O)C(C)Sc1ccc(CNC)cc1. The van der Waals surface area contributed by atoms with Crippen LogP contribution in [0.1, 0.15) is 32.8 Å². The Bertz CT molecular complexity index is 392. The lowest BCUT2D eigenvalue weighted by Crippen LogP contribution is -2.37. The minimum Gasteiger partial charge on any atom is -0.353 e. The molecule has 2 atom stereocenters. The van der Waals surface area contributed by atoms with E-state index in [-0.39, 0.29) is 17.2 Å². The summed E-state index contributed by atoms with van der Waals surface area (Å²) in [5.41, 5.74) is 1.25. The summed E-state index contributed by atoms with van der Waals surface area (Å²) in [6.07, 6.45) is 0.960. The Morgan fingerprint density at radius 1 is 1.26 bits per heavy atom. The molecular weight excluding hydrogens is 256 g/mol. The maximum Gasteiger partial charge on any atom is 0.233 e. The average Bonchev–Trinajstić information content (AvgIpc) is 2.41. The highest BCUT2D eigenvalue weighted by Gasteiger charge is 2.15. The average molecular weight is 280 g/mol. The molecule has 4 heteroatoms. The zero-order chi connectivity index (χ0) is 14.3. The van der Waals surface area contributed by atoms with Crippen LogP contribution in [-0.4, -0.2) is 24.2 Å². The van der Waals surface area contributed by atoms with Crippen LogP contribution in [0.2, 0.25) is 0 Å². The van der Waals surface area contributed by atoms with E-state index < -0.39 is 0 Å². The number of carbonyl (C=O) groups excluding carboxylic acids is 1. The minimum absolute atomic E-state index is 0.0656. The molecule has 0 aliphatic carbocycles. The van der Waals surface area contributed by atoms with Crippen LogP contribution in [0.5, 0.6) is 0 Å². The molecule has 0 bridgehead atoms. The van der Waals surface area contributed by atoms with E-state index >= 15 is 0 Å². The molecule has 1 amide bonds. The van der Waals surface area contributed by atoms with Gasteiger partial charge in [0.05, 0.1) is 5.25 Å². The number of rotatable bonds is 7. The van der Waals surface area contributed by atoms with Gasteiger partial charge in [-0.25, -0.2) is 0 Å². The first-order valence-corrected chi connectivity index (χ1v) is 7.65. The van der Waals surface area contributed by atoms with Crippen LogP contribution in [-0.2, 0) is 11.3 Å². The lowest BCUT2D eigenvalue weighted by molar-refractivity contribution is -0.120. The molecule has 0 radical (unpaired) electrons. The quantitative estimate of drug-likeness (QED) is 0.755. The van der Waals surface area contributed by atoms with Gasteiger partial charge in [-0.05, 0) is 45.0 Å². The molecule has 1 aromatic rings. The number of carbonyl (C=O) groups is 1. The maximum atomic E-state index is 11.9. The predicted octanol–water partition coefficient (Wildman–Crippen LogP) is 2.80. The van der Waals surface area contributed by atoms with E-state index in [2.05, 4.69) is 41.8 Å². The van der Waals surface area contributed by atoms with Crippen molar-refractivity contribution in [3.63, 3.8) is 0 Å². The van der Waals surface area contributed by atoms with Crippen molar-refractivity contribution < 1.29 is 4.79 Å². The summed E-state index contributed by atoms with van der Waals surface area (Å²) in [4.78, 5) is 13.1. The number of benzene rings is 1. The second kappa shape index (κ2) is 8.23. The maximum absolute atomic E-state index is 11.9. The molecule has 0 aromatic heterocycles. The third kappa shape index (κ3) is 5.66. The largest absolute Gasteiger partial charge is 0.353 e. The van der Waals surface area contributed by atoms with Gasteiger partial charge >= 0.3 is 0 Å². The third-order valence-electron chi connectivity index (χ3n) is 2.99. The fraction of sp³-hybridized carbons (Fsp3) is 0.533. The standard InChI is InChI=1S/C15H24N2OS/c1-5-11(2)17-15(18)12(3)19-14-8-6-13(7-9-14)10-16-4/h6-9,11-12,16H,5,10H2,1-4H3,(H,17,18). The first-order chi connectivity index (χ1) is 9.06. The highest BCUT2D eigenvalue weighted by molar-refractivity contribution is 8.00. The number of nitrogens with one attached hydrogen (secondary N) is 2. The predicted molar refractivity (Wildman–Crippen MR) is 82.4 cm³/mol. The van der Waals surface area contributed by atoms with E-state index in [0.29, 0.717) is 0 Å². The zero-order valence-electron chi connectivity index (χ0n) is 12.2. The van der Waals surface area contributed by atoms with Crippen LogP contribution in [0, 0.1) is 0 Å². The summed E-state index contributed by atoms with van der Waals surface area (Å²) in [5, 5.41) is 6.07. The van der Waals surface area contributed by atoms with Crippen molar-refractivity contribution >= 4 is 17.7 Å².